The first-order chi connectivity index (χ1) is 17.1. The van der Waals surface area contributed by atoms with Gasteiger partial charge in [-0.3, -0.25) is 4.79 Å². The normalized spacial score (nSPS) is 17.6. The van der Waals surface area contributed by atoms with E-state index < -0.39 is 24.1 Å². The van der Waals surface area contributed by atoms with Gasteiger partial charge < -0.3 is 15.0 Å². The Labute approximate surface area is 214 Å². The summed E-state index contributed by atoms with van der Waals surface area (Å²) < 4.78 is 43.1. The zero-order chi connectivity index (χ0) is 25.9. The molecule has 36 heavy (non-hydrogen) atoms. The Bertz CT molecular complexity index is 1330. The number of amides is 1. The monoisotopic (exact) mass is 535 g/mol. The first kappa shape index (κ1) is 25.5. The van der Waals surface area contributed by atoms with Gasteiger partial charge >= 0.3 is 6.18 Å². The van der Waals surface area contributed by atoms with Crippen molar-refractivity contribution in [3.8, 4) is 11.1 Å². The van der Waals surface area contributed by atoms with Gasteiger partial charge in [0.05, 0.1) is 5.71 Å². The fourth-order valence-electron chi connectivity index (χ4n) is 3.84. The molecule has 3 aromatic carbocycles. The Balaban J connectivity index is 1.75. The van der Waals surface area contributed by atoms with Gasteiger partial charge in [0, 0.05) is 33.2 Å². The summed E-state index contributed by atoms with van der Waals surface area (Å²) in [6, 6.07) is 17.2. The topological polar surface area (TPSA) is 72.3 Å². The van der Waals surface area contributed by atoms with E-state index in [9.17, 15) is 18.0 Å². The van der Waals surface area contributed by atoms with Crippen LogP contribution in [0.15, 0.2) is 77.0 Å². The number of alkyl halides is 3. The number of hydrogen-bond donors (Lipinski definition) is 1. The maximum atomic E-state index is 14.4. The SMILES string of the molecule is CO/N=C/NC(=O)c1ccc(C2=NOC(c3cc(Cl)cc(Cl)c3)(C(F)(F)F)C2)cc1-c1ccccc1. The minimum Gasteiger partial charge on any atom is -0.398 e. The molecule has 0 saturated heterocycles. The molecule has 0 radical (unpaired) electrons. The number of nitrogens with zero attached hydrogens (tertiary/aromatic N) is 2. The van der Waals surface area contributed by atoms with Crippen molar-refractivity contribution in [1.29, 1.82) is 0 Å². The number of nitrogens with one attached hydrogen (secondary N) is 1. The Hall–Kier alpha value is -3.56. The van der Waals surface area contributed by atoms with Gasteiger partial charge in [0.15, 0.2) is 0 Å². The standard InChI is InChI=1S/C25H18Cl2F3N3O3/c1-35-32-14-31-23(34)20-8-7-16(9-21(20)15-5-3-2-4-6-15)22-13-24(36-33-22,25(28,29)30)17-10-18(26)12-19(27)11-17/h2-12,14H,13H2,1H3,(H,31,32,34). The van der Waals surface area contributed by atoms with Crippen LogP contribution in [-0.2, 0) is 15.3 Å². The maximum Gasteiger partial charge on any atom is 0.435 e. The van der Waals surface area contributed by atoms with Crippen molar-refractivity contribution < 1.29 is 27.6 Å². The van der Waals surface area contributed by atoms with Gasteiger partial charge in [-0.2, -0.15) is 13.2 Å². The van der Waals surface area contributed by atoms with E-state index in [1.807, 2.05) is 0 Å². The lowest BCUT2D eigenvalue weighted by Gasteiger charge is -2.29. The molecule has 1 N–H and O–H groups in total. The first-order valence-electron chi connectivity index (χ1n) is 10.5. The van der Waals surface area contributed by atoms with Gasteiger partial charge in [-0.05, 0) is 41.5 Å². The Morgan fingerprint density at radius 1 is 1.08 bits per heavy atom. The van der Waals surface area contributed by atoms with Gasteiger partial charge in [-0.25, -0.2) is 0 Å². The minimum absolute atomic E-state index is 0.0388. The molecule has 6 nitrogen and oxygen atoms in total. The third kappa shape index (κ3) is 5.03. The zero-order valence-corrected chi connectivity index (χ0v) is 20.2. The summed E-state index contributed by atoms with van der Waals surface area (Å²) in [6.45, 7) is 0. The van der Waals surface area contributed by atoms with Gasteiger partial charge in [0.1, 0.15) is 13.4 Å². The van der Waals surface area contributed by atoms with Crippen LogP contribution in [-0.4, -0.2) is 31.2 Å². The molecule has 0 spiro atoms. The molecule has 1 atom stereocenters. The number of oxime groups is 2. The second kappa shape index (κ2) is 10.2. The fraction of sp³-hybridized carbons (Fsp3) is 0.160. The maximum absolute atomic E-state index is 14.4. The van der Waals surface area contributed by atoms with Crippen LogP contribution >= 0.6 is 23.2 Å². The Morgan fingerprint density at radius 2 is 1.78 bits per heavy atom. The molecule has 1 aliphatic heterocycles. The van der Waals surface area contributed by atoms with Crippen LogP contribution in [0.4, 0.5) is 13.2 Å². The molecule has 1 aliphatic rings. The van der Waals surface area contributed by atoms with Gasteiger partial charge in [0.2, 0.25) is 0 Å². The lowest BCUT2D eigenvalue weighted by atomic mass is 9.85. The van der Waals surface area contributed by atoms with E-state index in [-0.39, 0.29) is 26.9 Å². The minimum atomic E-state index is -4.82. The van der Waals surface area contributed by atoms with Crippen molar-refractivity contribution >= 4 is 41.2 Å². The predicted molar refractivity (Wildman–Crippen MR) is 131 cm³/mol. The van der Waals surface area contributed by atoms with E-state index in [0.29, 0.717) is 16.7 Å². The molecule has 4 rings (SSSR count). The highest BCUT2D eigenvalue weighted by Crippen LogP contribution is 2.49. The molecule has 3 aromatic rings. The fourth-order valence-corrected chi connectivity index (χ4v) is 4.37. The number of rotatable bonds is 6. The van der Waals surface area contributed by atoms with E-state index in [1.54, 1.807) is 36.4 Å². The lowest BCUT2D eigenvalue weighted by molar-refractivity contribution is -0.275. The number of carbonyl (C=O) groups is 1. The number of halogens is 5. The summed E-state index contributed by atoms with van der Waals surface area (Å²) in [7, 11) is 1.33. The molecule has 1 heterocycles. The molecule has 0 fully saturated rings. The first-order valence-corrected chi connectivity index (χ1v) is 11.2. The van der Waals surface area contributed by atoms with Crippen LogP contribution in [0.3, 0.4) is 0 Å². The van der Waals surface area contributed by atoms with E-state index in [0.717, 1.165) is 18.5 Å². The van der Waals surface area contributed by atoms with Crippen LogP contribution in [0.2, 0.25) is 10.0 Å². The second-order valence-electron chi connectivity index (χ2n) is 7.81. The van der Waals surface area contributed by atoms with Crippen LogP contribution in [0.1, 0.15) is 27.9 Å². The molecule has 0 saturated carbocycles. The van der Waals surface area contributed by atoms with Crippen LogP contribution in [0.5, 0.6) is 0 Å². The molecular formula is C25H18Cl2F3N3O3. The van der Waals surface area contributed by atoms with Gasteiger partial charge in [0.25, 0.3) is 11.5 Å². The molecule has 1 amide bonds. The third-order valence-electron chi connectivity index (χ3n) is 5.55. The average Bonchev–Trinajstić information content (AvgIpc) is 3.31. The van der Waals surface area contributed by atoms with E-state index in [4.69, 9.17) is 28.0 Å². The summed E-state index contributed by atoms with van der Waals surface area (Å²) in [5.74, 6) is -0.482. The summed E-state index contributed by atoms with van der Waals surface area (Å²) in [5.41, 5.74) is -1.19. The summed E-state index contributed by atoms with van der Waals surface area (Å²) >= 11 is 12.0. The highest BCUT2D eigenvalue weighted by molar-refractivity contribution is 6.34. The van der Waals surface area contributed by atoms with Crippen LogP contribution in [0, 0.1) is 0 Å². The van der Waals surface area contributed by atoms with Crippen LogP contribution < -0.4 is 5.32 Å². The average molecular weight is 536 g/mol. The molecule has 11 heteroatoms. The van der Waals surface area contributed by atoms with E-state index in [2.05, 4.69) is 20.5 Å². The smallest absolute Gasteiger partial charge is 0.398 e. The number of benzene rings is 3. The van der Waals surface area contributed by atoms with Crippen molar-refractivity contribution in [3.05, 3.63) is 93.5 Å². The van der Waals surface area contributed by atoms with Crippen LogP contribution in [0.25, 0.3) is 11.1 Å². The van der Waals surface area contributed by atoms with Crippen molar-refractivity contribution in [2.24, 2.45) is 10.3 Å². The van der Waals surface area contributed by atoms with E-state index >= 15 is 0 Å². The lowest BCUT2D eigenvalue weighted by Crippen LogP contribution is -2.42. The molecular weight excluding hydrogens is 518 g/mol. The summed E-state index contributed by atoms with van der Waals surface area (Å²) in [4.78, 5) is 22.4. The predicted octanol–water partition coefficient (Wildman–Crippen LogP) is 6.56. The second-order valence-corrected chi connectivity index (χ2v) is 8.68. The van der Waals surface area contributed by atoms with Gasteiger partial charge in [-0.1, -0.05) is 69.9 Å². The highest BCUT2D eigenvalue weighted by Gasteiger charge is 2.62. The molecule has 0 bridgehead atoms. The van der Waals surface area contributed by atoms with Crippen molar-refractivity contribution in [3.63, 3.8) is 0 Å². The third-order valence-corrected chi connectivity index (χ3v) is 5.99. The van der Waals surface area contributed by atoms with E-state index in [1.165, 1.54) is 25.3 Å². The number of carbonyl (C=O) groups excluding carboxylic acids is 1. The van der Waals surface area contributed by atoms with Crippen molar-refractivity contribution in [2.75, 3.05) is 7.11 Å². The van der Waals surface area contributed by atoms with Crippen molar-refractivity contribution in [1.82, 2.24) is 5.32 Å². The summed E-state index contributed by atoms with van der Waals surface area (Å²) in [5, 5.41) is 9.84. The van der Waals surface area contributed by atoms with Gasteiger partial charge in [-0.15, -0.1) is 0 Å². The quantitative estimate of drug-likeness (QED) is 0.220. The summed E-state index contributed by atoms with van der Waals surface area (Å²) in [6.07, 6.45) is -4.35. The Kier molecular flexibility index (Phi) is 7.23. The number of hydrogen-bond acceptors (Lipinski definition) is 5. The zero-order valence-electron chi connectivity index (χ0n) is 18.6. The molecule has 186 valence electrons. The molecule has 1 unspecified atom stereocenters. The highest BCUT2D eigenvalue weighted by atomic mass is 35.5. The largest absolute Gasteiger partial charge is 0.435 e. The molecule has 0 aliphatic carbocycles. The molecule has 0 aromatic heterocycles. The van der Waals surface area contributed by atoms with Crippen molar-refractivity contribution in [2.45, 2.75) is 18.2 Å². The Morgan fingerprint density at radius 3 is 2.42 bits per heavy atom.